The third-order valence-corrected chi connectivity index (χ3v) is 5.40. The van der Waals surface area contributed by atoms with Crippen LogP contribution >= 0.6 is 43.2 Å². The molecule has 0 radical (unpaired) electrons. The molecule has 0 fully saturated rings. The summed E-state index contributed by atoms with van der Waals surface area (Å²) in [5.74, 6) is 0.905. The summed E-state index contributed by atoms with van der Waals surface area (Å²) in [7, 11) is 1.55. The van der Waals surface area contributed by atoms with Crippen LogP contribution in [0.5, 0.6) is 11.5 Å². The average molecular weight is 501 g/mol. The van der Waals surface area contributed by atoms with Crippen molar-refractivity contribution in [3.63, 3.8) is 0 Å². The molecule has 3 aromatic rings. The van der Waals surface area contributed by atoms with E-state index in [0.29, 0.717) is 27.8 Å². The summed E-state index contributed by atoms with van der Waals surface area (Å²) < 4.78 is 13.5. The quantitative estimate of drug-likeness (QED) is 0.528. The van der Waals surface area contributed by atoms with E-state index in [4.69, 9.17) is 15.2 Å². The third-order valence-electron chi connectivity index (χ3n) is 3.52. The second kappa shape index (κ2) is 7.81. The predicted octanol–water partition coefficient (Wildman–Crippen LogP) is 4.74. The van der Waals surface area contributed by atoms with Gasteiger partial charge >= 0.3 is 0 Å². The molecule has 0 spiro atoms. The van der Waals surface area contributed by atoms with Gasteiger partial charge in [0, 0.05) is 16.2 Å². The topological polar surface area (TPSA) is 86.5 Å². The fourth-order valence-electron chi connectivity index (χ4n) is 2.45. The molecule has 1 heterocycles. The number of thiazole rings is 1. The molecule has 9 heteroatoms. The van der Waals surface area contributed by atoms with Crippen molar-refractivity contribution in [2.45, 2.75) is 6.92 Å². The van der Waals surface area contributed by atoms with Gasteiger partial charge in [-0.05, 0) is 46.6 Å². The number of ether oxygens (including phenoxy) is 2. The normalized spacial score (nSPS) is 10.8. The molecule has 3 N–H and O–H groups in total. The minimum Gasteiger partial charge on any atom is -0.494 e. The van der Waals surface area contributed by atoms with Crippen molar-refractivity contribution in [3.05, 3.63) is 38.8 Å². The highest BCUT2D eigenvalue weighted by atomic mass is 79.9. The van der Waals surface area contributed by atoms with E-state index in [0.717, 1.165) is 19.2 Å². The Morgan fingerprint density at radius 3 is 2.77 bits per heavy atom. The van der Waals surface area contributed by atoms with Crippen molar-refractivity contribution in [2.24, 2.45) is 0 Å². The number of benzene rings is 2. The first-order valence-corrected chi connectivity index (χ1v) is 9.90. The van der Waals surface area contributed by atoms with Crippen molar-refractivity contribution in [3.8, 4) is 11.5 Å². The Morgan fingerprint density at radius 2 is 2.08 bits per heavy atom. The lowest BCUT2D eigenvalue weighted by Gasteiger charge is -2.12. The number of aromatic nitrogens is 1. The van der Waals surface area contributed by atoms with Crippen molar-refractivity contribution in [1.29, 1.82) is 0 Å². The number of nitrogens with one attached hydrogen (secondary N) is 1. The minimum absolute atomic E-state index is 0.119. The summed E-state index contributed by atoms with van der Waals surface area (Å²) in [6, 6.07) is 7.31. The van der Waals surface area contributed by atoms with Crippen LogP contribution < -0.4 is 20.5 Å². The molecule has 3 rings (SSSR count). The van der Waals surface area contributed by atoms with E-state index in [1.165, 1.54) is 11.3 Å². The van der Waals surface area contributed by atoms with Gasteiger partial charge in [0.15, 0.2) is 11.7 Å². The Morgan fingerprint density at radius 1 is 1.31 bits per heavy atom. The van der Waals surface area contributed by atoms with Gasteiger partial charge in [0.05, 0.1) is 16.3 Å². The van der Waals surface area contributed by atoms with Gasteiger partial charge in [0.1, 0.15) is 17.0 Å². The lowest BCUT2D eigenvalue weighted by Crippen LogP contribution is -2.20. The van der Waals surface area contributed by atoms with Crippen LogP contribution in [0.25, 0.3) is 10.2 Å². The molecule has 0 atom stereocenters. The summed E-state index contributed by atoms with van der Waals surface area (Å²) in [6.45, 7) is 1.79. The van der Waals surface area contributed by atoms with Crippen molar-refractivity contribution in [2.75, 3.05) is 24.8 Å². The van der Waals surface area contributed by atoms with Gasteiger partial charge in [-0.15, -0.1) is 0 Å². The number of carbonyl (C=O) groups excluding carboxylic acids is 1. The zero-order chi connectivity index (χ0) is 18.8. The number of nitrogen functional groups attached to an aromatic ring is 1. The molecule has 0 aliphatic carbocycles. The van der Waals surface area contributed by atoms with Crippen LogP contribution in [-0.2, 0) is 4.79 Å². The number of amides is 1. The summed E-state index contributed by atoms with van der Waals surface area (Å²) in [5, 5.41) is 3.25. The minimum atomic E-state index is -0.280. The first kappa shape index (κ1) is 18.9. The second-order valence-corrected chi connectivity index (χ2v) is 8.28. The fraction of sp³-hybridized carbons (Fsp3) is 0.176. The second-order valence-electron chi connectivity index (χ2n) is 5.45. The number of nitrogens with zero attached hydrogens (tertiary/aromatic N) is 1. The van der Waals surface area contributed by atoms with E-state index in [1.807, 2.05) is 25.1 Å². The Bertz CT molecular complexity index is 968. The van der Waals surface area contributed by atoms with Crippen LogP contribution in [-0.4, -0.2) is 24.6 Å². The largest absolute Gasteiger partial charge is 0.494 e. The average Bonchev–Trinajstić information content (AvgIpc) is 2.93. The molecule has 1 aromatic heterocycles. The Kier molecular flexibility index (Phi) is 5.69. The van der Waals surface area contributed by atoms with E-state index in [2.05, 4.69) is 42.2 Å². The summed E-state index contributed by atoms with van der Waals surface area (Å²) in [4.78, 5) is 16.5. The van der Waals surface area contributed by atoms with E-state index < -0.39 is 0 Å². The Hall–Kier alpha value is -1.84. The van der Waals surface area contributed by atoms with Crippen molar-refractivity contribution >= 4 is 70.1 Å². The van der Waals surface area contributed by atoms with Crippen LogP contribution in [0.1, 0.15) is 5.56 Å². The first-order valence-electron chi connectivity index (χ1n) is 7.49. The molecule has 2 aromatic carbocycles. The number of rotatable bonds is 5. The van der Waals surface area contributed by atoms with Gasteiger partial charge < -0.3 is 20.5 Å². The van der Waals surface area contributed by atoms with E-state index in [1.54, 1.807) is 13.2 Å². The lowest BCUT2D eigenvalue weighted by molar-refractivity contribution is -0.118. The van der Waals surface area contributed by atoms with E-state index in [9.17, 15) is 4.79 Å². The highest BCUT2D eigenvalue weighted by Crippen LogP contribution is 2.35. The number of anilines is 2. The third kappa shape index (κ3) is 4.11. The molecule has 0 bridgehead atoms. The number of fused-ring (bicyclic) bond motifs is 1. The molecule has 0 saturated carbocycles. The smallest absolute Gasteiger partial charge is 0.262 e. The number of carbonyl (C=O) groups is 1. The summed E-state index contributed by atoms with van der Waals surface area (Å²) in [5.41, 5.74) is 7.95. The molecule has 0 aliphatic heterocycles. The maximum Gasteiger partial charge on any atom is 0.262 e. The Labute approximate surface area is 171 Å². The van der Waals surface area contributed by atoms with Gasteiger partial charge in [-0.25, -0.2) is 4.98 Å². The predicted molar refractivity (Wildman–Crippen MR) is 111 cm³/mol. The standard InChI is InChI=1S/C17H15Br2N3O3S/c1-8-3-9(18)4-11(19)16(8)25-7-14(23)21-10-5-12(24-2)15-13(6-10)26-17(20)22-15/h3-6H,7H2,1-2H3,(H2,20,22)(H,21,23). The molecule has 0 unspecified atom stereocenters. The van der Waals surface area contributed by atoms with E-state index in [-0.39, 0.29) is 12.5 Å². The van der Waals surface area contributed by atoms with Gasteiger partial charge in [-0.1, -0.05) is 27.3 Å². The number of nitrogens with two attached hydrogens (primary N) is 1. The first-order chi connectivity index (χ1) is 12.4. The molecule has 6 nitrogen and oxygen atoms in total. The molecular weight excluding hydrogens is 486 g/mol. The maximum absolute atomic E-state index is 12.3. The number of aryl methyl sites for hydroxylation is 1. The van der Waals surface area contributed by atoms with Gasteiger partial charge in [-0.3, -0.25) is 4.79 Å². The number of methoxy groups -OCH3 is 1. The van der Waals surface area contributed by atoms with Crippen LogP contribution in [0, 0.1) is 6.92 Å². The van der Waals surface area contributed by atoms with Crippen LogP contribution in [0.15, 0.2) is 33.2 Å². The summed E-state index contributed by atoms with van der Waals surface area (Å²) in [6.07, 6.45) is 0. The monoisotopic (exact) mass is 499 g/mol. The SMILES string of the molecule is COc1cc(NC(=O)COc2c(C)cc(Br)cc2Br)cc2sc(N)nc12. The summed E-state index contributed by atoms with van der Waals surface area (Å²) >= 11 is 8.19. The van der Waals surface area contributed by atoms with Crippen molar-refractivity contribution in [1.82, 2.24) is 4.98 Å². The highest BCUT2D eigenvalue weighted by molar-refractivity contribution is 9.11. The molecule has 0 saturated heterocycles. The number of hydrogen-bond acceptors (Lipinski definition) is 6. The van der Waals surface area contributed by atoms with Gasteiger partial charge in [-0.2, -0.15) is 0 Å². The van der Waals surface area contributed by atoms with Crippen molar-refractivity contribution < 1.29 is 14.3 Å². The zero-order valence-electron chi connectivity index (χ0n) is 13.9. The Balaban J connectivity index is 1.73. The fourth-order valence-corrected chi connectivity index (χ4v) is 4.79. The molecule has 1 amide bonds. The van der Waals surface area contributed by atoms with Crippen LogP contribution in [0.3, 0.4) is 0 Å². The van der Waals surface area contributed by atoms with Crippen LogP contribution in [0.2, 0.25) is 0 Å². The maximum atomic E-state index is 12.3. The van der Waals surface area contributed by atoms with Gasteiger partial charge in [0.25, 0.3) is 5.91 Å². The molecular formula is C17H15Br2N3O3S. The zero-order valence-corrected chi connectivity index (χ0v) is 17.9. The molecule has 26 heavy (non-hydrogen) atoms. The van der Waals surface area contributed by atoms with Crippen LogP contribution in [0.4, 0.5) is 10.8 Å². The van der Waals surface area contributed by atoms with E-state index >= 15 is 0 Å². The number of halogens is 2. The number of hydrogen-bond donors (Lipinski definition) is 2. The highest BCUT2D eigenvalue weighted by Gasteiger charge is 2.13. The lowest BCUT2D eigenvalue weighted by atomic mass is 10.2. The molecule has 136 valence electrons. The molecule has 0 aliphatic rings. The van der Waals surface area contributed by atoms with Gasteiger partial charge in [0.2, 0.25) is 0 Å².